The Hall–Kier alpha value is -3.11. The first-order chi connectivity index (χ1) is 14.6. The molecule has 0 aliphatic heterocycles. The van der Waals surface area contributed by atoms with Crippen molar-refractivity contribution in [3.05, 3.63) is 64.9 Å². The lowest BCUT2D eigenvalue weighted by atomic mass is 10.1. The number of carbonyl (C=O) groups excluding carboxylic acids is 1. The van der Waals surface area contributed by atoms with Crippen LogP contribution in [-0.2, 0) is 22.6 Å². The highest BCUT2D eigenvalue weighted by Gasteiger charge is 2.22. The molecule has 2 atom stereocenters. The van der Waals surface area contributed by atoms with Crippen molar-refractivity contribution in [2.45, 2.75) is 17.9 Å². The van der Waals surface area contributed by atoms with Crippen molar-refractivity contribution >= 4 is 33.6 Å². The summed E-state index contributed by atoms with van der Waals surface area (Å²) in [7, 11) is -0.165. The molecule has 0 aliphatic rings. The quantitative estimate of drug-likeness (QED) is 0.512. The van der Waals surface area contributed by atoms with Crippen molar-refractivity contribution in [2.24, 2.45) is 7.05 Å². The van der Waals surface area contributed by atoms with E-state index in [-0.39, 0.29) is 16.6 Å². The van der Waals surface area contributed by atoms with Crippen LogP contribution in [0.15, 0.2) is 41.3 Å². The first kappa shape index (κ1) is 22.6. The van der Waals surface area contributed by atoms with E-state index in [9.17, 15) is 27.7 Å². The number of fused-ring (bicyclic) bond motifs is 1. The topological polar surface area (TPSA) is 109 Å². The fourth-order valence-corrected chi connectivity index (χ4v) is 4.09. The molecule has 0 spiro atoms. The smallest absolute Gasteiger partial charge is 0.316 e. The number of hydrogen-bond acceptors (Lipinski definition) is 4. The summed E-state index contributed by atoms with van der Waals surface area (Å²) in [6, 6.07) is 7.84. The van der Waals surface area contributed by atoms with E-state index in [1.165, 1.54) is 47.9 Å². The lowest BCUT2D eigenvalue weighted by molar-refractivity contribution is -0.133. The fraction of sp³-hybridized carbons (Fsp3) is 0.238. The van der Waals surface area contributed by atoms with Crippen LogP contribution in [0.4, 0.5) is 8.78 Å². The Morgan fingerprint density at radius 3 is 2.39 bits per heavy atom. The maximum Gasteiger partial charge on any atom is 0.316 e. The molecular formula is C21H20F2N2O5S. The normalized spacial score (nSPS) is 13.2. The van der Waals surface area contributed by atoms with E-state index < -0.39 is 52.7 Å². The van der Waals surface area contributed by atoms with Crippen LogP contribution in [0.25, 0.3) is 10.9 Å². The molecule has 0 aliphatic carbocycles. The van der Waals surface area contributed by atoms with Gasteiger partial charge in [-0.25, -0.2) is 8.78 Å². The molecule has 3 aromatic rings. The molecule has 0 saturated carbocycles. The number of carbonyl (C=O) groups is 2. The zero-order chi connectivity index (χ0) is 22.9. The maximum absolute atomic E-state index is 14.3. The summed E-state index contributed by atoms with van der Waals surface area (Å²) in [4.78, 5) is 23.8. The van der Waals surface area contributed by atoms with Gasteiger partial charge in [-0.05, 0) is 42.3 Å². The third-order valence-electron chi connectivity index (χ3n) is 4.93. The molecule has 3 rings (SSSR count). The molecule has 7 nitrogen and oxygen atoms in total. The van der Waals surface area contributed by atoms with Crippen molar-refractivity contribution in [3.8, 4) is 0 Å². The molecule has 1 unspecified atom stereocenters. The van der Waals surface area contributed by atoms with E-state index in [0.717, 1.165) is 0 Å². The van der Waals surface area contributed by atoms with Gasteiger partial charge in [-0.1, -0.05) is 12.1 Å². The van der Waals surface area contributed by atoms with Gasteiger partial charge in [-0.3, -0.25) is 13.8 Å². The Balaban J connectivity index is 1.85. The minimum Gasteiger partial charge on any atom is -0.481 e. The number of nitrogens with one attached hydrogen (secondary N) is 1. The number of aliphatic carboxylic acids is 1. The van der Waals surface area contributed by atoms with Crippen LogP contribution in [0.2, 0.25) is 0 Å². The standard InChI is InChI=1S/C21H20F2N2O5S/c1-11-7-16-14(20(23)19(11)22)8-17(25(16)2)21(29)24-15(9-26)12-3-5-13(6-4-12)31(30)10-18(27)28/h3-8,15,26H,9-10H2,1-2H3,(H,24,29)(H,27,28)/t15?,31-/m1/s1. The van der Waals surface area contributed by atoms with Crippen LogP contribution in [0.5, 0.6) is 0 Å². The first-order valence-corrected chi connectivity index (χ1v) is 10.5. The Morgan fingerprint density at radius 2 is 1.81 bits per heavy atom. The van der Waals surface area contributed by atoms with Crippen molar-refractivity contribution < 1.29 is 32.8 Å². The molecule has 0 fully saturated rings. The van der Waals surface area contributed by atoms with Gasteiger partial charge < -0.3 is 20.1 Å². The number of aliphatic hydroxyl groups excluding tert-OH is 1. The second kappa shape index (κ2) is 8.94. The first-order valence-electron chi connectivity index (χ1n) is 9.20. The number of hydrogen-bond donors (Lipinski definition) is 3. The number of aromatic nitrogens is 1. The van der Waals surface area contributed by atoms with Gasteiger partial charge in [-0.2, -0.15) is 0 Å². The van der Waals surface area contributed by atoms with E-state index in [0.29, 0.717) is 16.0 Å². The van der Waals surface area contributed by atoms with Crippen molar-refractivity contribution in [1.82, 2.24) is 9.88 Å². The minimum absolute atomic E-state index is 0.0263. The molecule has 10 heteroatoms. The third kappa shape index (κ3) is 4.49. The van der Waals surface area contributed by atoms with E-state index in [2.05, 4.69) is 5.32 Å². The zero-order valence-electron chi connectivity index (χ0n) is 16.7. The number of rotatable bonds is 7. The number of benzene rings is 2. The van der Waals surface area contributed by atoms with Gasteiger partial charge in [0.1, 0.15) is 11.4 Å². The van der Waals surface area contributed by atoms with Crippen LogP contribution >= 0.6 is 0 Å². The second-order valence-electron chi connectivity index (χ2n) is 7.00. The van der Waals surface area contributed by atoms with Gasteiger partial charge in [0.2, 0.25) is 0 Å². The van der Waals surface area contributed by atoms with Gasteiger partial charge in [0, 0.05) is 17.3 Å². The number of aryl methyl sites for hydroxylation is 2. The lowest BCUT2D eigenvalue weighted by Gasteiger charge is -2.17. The number of carboxylic acid groups (broad SMARTS) is 1. The van der Waals surface area contributed by atoms with Crippen LogP contribution in [0.3, 0.4) is 0 Å². The highest BCUT2D eigenvalue weighted by Crippen LogP contribution is 2.26. The molecule has 0 bridgehead atoms. The summed E-state index contributed by atoms with van der Waals surface area (Å²) in [6.07, 6.45) is 0. The molecule has 1 amide bonds. The van der Waals surface area contributed by atoms with E-state index in [1.54, 1.807) is 7.05 Å². The van der Waals surface area contributed by atoms with Crippen LogP contribution < -0.4 is 5.32 Å². The average Bonchev–Trinajstić information content (AvgIpc) is 3.06. The monoisotopic (exact) mass is 450 g/mol. The summed E-state index contributed by atoms with van der Waals surface area (Å²) in [5, 5.41) is 21.1. The second-order valence-corrected chi connectivity index (χ2v) is 8.46. The van der Waals surface area contributed by atoms with Gasteiger partial charge in [-0.15, -0.1) is 0 Å². The van der Waals surface area contributed by atoms with Gasteiger partial charge in [0.25, 0.3) is 5.91 Å². The molecule has 0 saturated heterocycles. The van der Waals surface area contributed by atoms with Gasteiger partial charge in [0.15, 0.2) is 11.6 Å². The summed E-state index contributed by atoms with van der Waals surface area (Å²) < 4.78 is 41.5. The molecule has 1 aromatic heterocycles. The summed E-state index contributed by atoms with van der Waals surface area (Å²) in [6.45, 7) is 0.981. The zero-order valence-corrected chi connectivity index (χ0v) is 17.5. The highest BCUT2D eigenvalue weighted by atomic mass is 32.2. The molecule has 3 N–H and O–H groups in total. The lowest BCUT2D eigenvalue weighted by Crippen LogP contribution is -2.32. The molecule has 2 aromatic carbocycles. The number of amides is 1. The highest BCUT2D eigenvalue weighted by molar-refractivity contribution is 7.85. The Labute approximate surface area is 178 Å². The fourth-order valence-electron chi connectivity index (χ4n) is 3.26. The van der Waals surface area contributed by atoms with Gasteiger partial charge >= 0.3 is 5.97 Å². The number of nitrogens with zero attached hydrogens (tertiary/aromatic N) is 1. The van der Waals surface area contributed by atoms with Crippen LogP contribution in [-0.4, -0.2) is 43.2 Å². The van der Waals surface area contributed by atoms with Crippen LogP contribution in [0, 0.1) is 18.6 Å². The Bertz CT molecular complexity index is 1190. The predicted octanol–water partition coefficient (Wildman–Crippen LogP) is 2.42. The Morgan fingerprint density at radius 1 is 1.16 bits per heavy atom. The SMILES string of the molecule is Cc1cc2c(cc(C(=O)NC(CO)c3ccc([S@](=O)CC(=O)O)cc3)n2C)c(F)c1F. The Kier molecular flexibility index (Phi) is 6.51. The third-order valence-corrected chi connectivity index (χ3v) is 6.24. The predicted molar refractivity (Wildman–Crippen MR) is 110 cm³/mol. The van der Waals surface area contributed by atoms with E-state index >= 15 is 0 Å². The summed E-state index contributed by atoms with van der Waals surface area (Å²) in [5.41, 5.74) is 1.05. The molecule has 31 heavy (non-hydrogen) atoms. The molecule has 164 valence electrons. The molecule has 0 radical (unpaired) electrons. The summed E-state index contributed by atoms with van der Waals surface area (Å²) >= 11 is 0. The molecule has 1 heterocycles. The maximum atomic E-state index is 14.3. The number of aliphatic hydroxyl groups is 1. The van der Waals surface area contributed by atoms with Gasteiger partial charge in [0.05, 0.1) is 29.0 Å². The average molecular weight is 450 g/mol. The van der Waals surface area contributed by atoms with Crippen molar-refractivity contribution in [2.75, 3.05) is 12.4 Å². The largest absolute Gasteiger partial charge is 0.481 e. The number of carboxylic acids is 1. The molecular weight excluding hydrogens is 430 g/mol. The van der Waals surface area contributed by atoms with Crippen molar-refractivity contribution in [1.29, 1.82) is 0 Å². The minimum atomic E-state index is -1.71. The van der Waals surface area contributed by atoms with Crippen LogP contribution in [0.1, 0.15) is 27.7 Å². The summed E-state index contributed by atoms with van der Waals surface area (Å²) in [5.74, 6) is -4.33. The number of halogens is 2. The van der Waals surface area contributed by atoms with E-state index in [1.807, 2.05) is 0 Å². The van der Waals surface area contributed by atoms with Crippen molar-refractivity contribution in [3.63, 3.8) is 0 Å². The van der Waals surface area contributed by atoms with E-state index in [4.69, 9.17) is 5.11 Å².